The summed E-state index contributed by atoms with van der Waals surface area (Å²) in [6.45, 7) is 27.3. The molecule has 0 amide bonds. The molecular weight excluding hydrogens is 562 g/mol. The van der Waals surface area contributed by atoms with Crippen molar-refractivity contribution in [3.63, 3.8) is 0 Å². The molecule has 0 radical (unpaired) electrons. The molecule has 45 heavy (non-hydrogen) atoms. The first kappa shape index (κ1) is 35.3. The normalized spacial score (nSPS) is 46.7. The van der Waals surface area contributed by atoms with Gasteiger partial charge in [0.2, 0.25) is 0 Å². The second kappa shape index (κ2) is 11.3. The molecule has 1 aliphatic heterocycles. The SMILES string of the molecule is CN[C@@](C)(CO[C@H]1C(NN)C[C@@]23COC[C@]1(C)[C@@H]2CC[C@H]1C3=CC[C@@]2(C)[C@H](C(=O)O)[C@@](C)([C@H](C)C(C)C)CC[C@]12C)C(C)(C)C. The van der Waals surface area contributed by atoms with Gasteiger partial charge in [-0.05, 0) is 97.8 Å². The number of ether oxygens (including phenoxy) is 2. The molecule has 0 aromatic rings. The van der Waals surface area contributed by atoms with E-state index in [1.165, 1.54) is 0 Å². The van der Waals surface area contributed by atoms with Gasteiger partial charge in [-0.2, -0.15) is 0 Å². The standard InChI is InChI=1S/C38H67N3O4/c1-23(2)24(3)33(7)17-18-35(9)25-13-14-28-34(8)20-44-22-38(28,26(25)15-16-36(35,10)29(33)31(42)43)19-27(41-39)30(34)45-21-37(11,40-12)32(4,5)6/h15,23-25,27-30,40-41H,13-14,16-22,39H2,1-12H3,(H,42,43)/t24-,25+,27?,28+,29-,30+,33-,34-,35-,36+,37+,38+/m1/s1. The van der Waals surface area contributed by atoms with Crippen LogP contribution in [-0.4, -0.2) is 55.6 Å². The van der Waals surface area contributed by atoms with Crippen LogP contribution in [0.3, 0.4) is 0 Å². The fourth-order valence-corrected chi connectivity index (χ4v) is 12.0. The molecule has 4 fully saturated rings. The van der Waals surface area contributed by atoms with Crippen LogP contribution in [0.2, 0.25) is 0 Å². The first-order chi connectivity index (χ1) is 20.7. The Morgan fingerprint density at radius 2 is 1.76 bits per heavy atom. The fourth-order valence-electron chi connectivity index (χ4n) is 12.0. The van der Waals surface area contributed by atoms with Gasteiger partial charge in [0.15, 0.2) is 0 Å². The summed E-state index contributed by atoms with van der Waals surface area (Å²) in [5, 5.41) is 14.5. The quantitative estimate of drug-likeness (QED) is 0.133. The van der Waals surface area contributed by atoms with Gasteiger partial charge < -0.3 is 19.9 Å². The number of hydrazine groups is 1. The zero-order chi connectivity index (χ0) is 33.6. The Bertz CT molecular complexity index is 1180. The lowest BCUT2D eigenvalue weighted by Gasteiger charge is -2.71. The highest BCUT2D eigenvalue weighted by Gasteiger charge is 2.71. The van der Waals surface area contributed by atoms with E-state index in [4.69, 9.17) is 15.3 Å². The third-order valence-corrected chi connectivity index (χ3v) is 16.1. The summed E-state index contributed by atoms with van der Waals surface area (Å²) in [7, 11) is 2.03. The van der Waals surface area contributed by atoms with E-state index in [-0.39, 0.29) is 56.1 Å². The summed E-state index contributed by atoms with van der Waals surface area (Å²) in [6.07, 6.45) is 8.40. The van der Waals surface area contributed by atoms with Crippen molar-refractivity contribution in [3.05, 3.63) is 11.6 Å². The summed E-state index contributed by atoms with van der Waals surface area (Å²) in [5.74, 6) is 6.99. The van der Waals surface area contributed by atoms with Gasteiger partial charge >= 0.3 is 5.97 Å². The molecule has 0 aromatic carbocycles. The average Bonchev–Trinajstić information content (AvgIpc) is 2.95. The molecule has 4 aliphatic carbocycles. The van der Waals surface area contributed by atoms with E-state index in [0.29, 0.717) is 43.5 Å². The zero-order valence-electron chi connectivity index (χ0n) is 30.7. The van der Waals surface area contributed by atoms with Crippen LogP contribution in [0.25, 0.3) is 0 Å². The number of carbonyl (C=O) groups is 1. The Morgan fingerprint density at radius 3 is 2.31 bits per heavy atom. The number of rotatable bonds is 8. The van der Waals surface area contributed by atoms with Crippen molar-refractivity contribution >= 4 is 5.97 Å². The van der Waals surface area contributed by atoms with E-state index in [1.54, 1.807) is 5.57 Å². The lowest BCUT2D eigenvalue weighted by molar-refractivity contribution is -0.247. The number of hydrogen-bond acceptors (Lipinski definition) is 6. The maximum absolute atomic E-state index is 13.4. The van der Waals surface area contributed by atoms with Gasteiger partial charge in [-0.3, -0.25) is 16.1 Å². The van der Waals surface area contributed by atoms with Crippen LogP contribution in [-0.2, 0) is 14.3 Å². The summed E-state index contributed by atoms with van der Waals surface area (Å²) in [6, 6.07) is 0.00491. The van der Waals surface area contributed by atoms with Crippen LogP contribution in [0.15, 0.2) is 11.6 Å². The van der Waals surface area contributed by atoms with Crippen molar-refractivity contribution in [2.24, 2.45) is 67.9 Å². The Hall–Kier alpha value is -0.990. The van der Waals surface area contributed by atoms with Crippen molar-refractivity contribution in [3.8, 4) is 0 Å². The molecule has 3 saturated carbocycles. The molecule has 5 aliphatic rings. The molecular formula is C38H67N3O4. The van der Waals surface area contributed by atoms with Crippen LogP contribution in [0.4, 0.5) is 0 Å². The van der Waals surface area contributed by atoms with Gasteiger partial charge in [0, 0.05) is 22.4 Å². The van der Waals surface area contributed by atoms with E-state index in [9.17, 15) is 9.90 Å². The third-order valence-electron chi connectivity index (χ3n) is 16.1. The van der Waals surface area contributed by atoms with Crippen LogP contribution in [0.5, 0.6) is 0 Å². The molecule has 258 valence electrons. The van der Waals surface area contributed by atoms with Crippen molar-refractivity contribution in [1.29, 1.82) is 0 Å². The first-order valence-corrected chi connectivity index (χ1v) is 18.0. The minimum atomic E-state index is -0.607. The lowest BCUT2D eigenvalue weighted by atomic mass is 9.34. The van der Waals surface area contributed by atoms with E-state index in [1.807, 2.05) is 7.05 Å². The third kappa shape index (κ3) is 4.78. The molecule has 1 unspecified atom stereocenters. The molecule has 1 saturated heterocycles. The minimum Gasteiger partial charge on any atom is -0.481 e. The maximum Gasteiger partial charge on any atom is 0.307 e. The summed E-state index contributed by atoms with van der Waals surface area (Å²) < 4.78 is 13.6. The number of nitrogens with two attached hydrogens (primary N) is 1. The Balaban J connectivity index is 1.54. The number of fused-ring (bicyclic) bond motifs is 3. The number of likely N-dealkylation sites (N-methyl/N-ethyl adjacent to an activating group) is 1. The van der Waals surface area contributed by atoms with E-state index >= 15 is 0 Å². The highest BCUT2D eigenvalue weighted by Crippen LogP contribution is 2.74. The Labute approximate surface area is 274 Å². The molecule has 7 nitrogen and oxygen atoms in total. The molecule has 2 bridgehead atoms. The smallest absolute Gasteiger partial charge is 0.307 e. The first-order valence-electron chi connectivity index (χ1n) is 18.0. The number of allylic oxidation sites excluding steroid dienone is 1. The van der Waals surface area contributed by atoms with Gasteiger partial charge in [-0.25, -0.2) is 0 Å². The average molecular weight is 630 g/mol. The minimum absolute atomic E-state index is 0.00491. The molecule has 0 aromatic heterocycles. The van der Waals surface area contributed by atoms with Gasteiger partial charge in [-0.1, -0.05) is 80.9 Å². The van der Waals surface area contributed by atoms with Crippen LogP contribution in [0.1, 0.15) is 115 Å². The van der Waals surface area contributed by atoms with Gasteiger partial charge in [0.25, 0.3) is 0 Å². The summed E-state index contributed by atoms with van der Waals surface area (Å²) >= 11 is 0. The summed E-state index contributed by atoms with van der Waals surface area (Å²) in [4.78, 5) is 13.4. The van der Waals surface area contributed by atoms with Crippen LogP contribution >= 0.6 is 0 Å². The van der Waals surface area contributed by atoms with Crippen LogP contribution < -0.4 is 16.6 Å². The Kier molecular flexibility index (Phi) is 8.86. The van der Waals surface area contributed by atoms with E-state index in [2.05, 4.69) is 93.0 Å². The van der Waals surface area contributed by atoms with Crippen molar-refractivity contribution in [1.82, 2.24) is 10.7 Å². The predicted octanol–water partition coefficient (Wildman–Crippen LogP) is 6.82. The molecule has 12 atom stereocenters. The maximum atomic E-state index is 13.4. The molecule has 1 heterocycles. The lowest BCUT2D eigenvalue weighted by Crippen LogP contribution is -2.72. The Morgan fingerprint density at radius 1 is 1.09 bits per heavy atom. The van der Waals surface area contributed by atoms with Crippen LogP contribution in [0, 0.1) is 62.1 Å². The van der Waals surface area contributed by atoms with Crippen molar-refractivity contribution < 1.29 is 19.4 Å². The monoisotopic (exact) mass is 630 g/mol. The van der Waals surface area contributed by atoms with E-state index in [0.717, 1.165) is 38.5 Å². The van der Waals surface area contributed by atoms with Gasteiger partial charge in [-0.15, -0.1) is 0 Å². The second-order valence-corrected chi connectivity index (χ2v) is 18.9. The van der Waals surface area contributed by atoms with Gasteiger partial charge in [0.05, 0.1) is 31.8 Å². The highest BCUT2D eigenvalue weighted by molar-refractivity contribution is 5.73. The molecule has 0 spiro atoms. The van der Waals surface area contributed by atoms with Gasteiger partial charge in [0.1, 0.15) is 0 Å². The number of hydrogen-bond donors (Lipinski definition) is 4. The fraction of sp³-hybridized carbons (Fsp3) is 0.921. The number of carboxylic acids is 1. The summed E-state index contributed by atoms with van der Waals surface area (Å²) in [5.41, 5.74) is 3.66. The predicted molar refractivity (Wildman–Crippen MR) is 181 cm³/mol. The zero-order valence-corrected chi connectivity index (χ0v) is 30.7. The molecule has 5 N–H and O–H groups in total. The van der Waals surface area contributed by atoms with Crippen molar-refractivity contribution in [2.75, 3.05) is 26.9 Å². The molecule has 7 heteroatoms. The largest absolute Gasteiger partial charge is 0.481 e. The van der Waals surface area contributed by atoms with E-state index < -0.39 is 5.97 Å². The molecule has 5 rings (SSSR count). The number of aliphatic carboxylic acids is 1. The van der Waals surface area contributed by atoms with Crippen molar-refractivity contribution in [2.45, 2.75) is 132 Å². The highest BCUT2D eigenvalue weighted by atomic mass is 16.5. The topological polar surface area (TPSA) is 106 Å². The number of carboxylic acid groups (broad SMARTS) is 1. The second-order valence-electron chi connectivity index (χ2n) is 18.9. The number of nitrogens with one attached hydrogen (secondary N) is 2.